The van der Waals surface area contributed by atoms with Gasteiger partial charge < -0.3 is 9.47 Å². The van der Waals surface area contributed by atoms with Crippen molar-refractivity contribution in [3.05, 3.63) is 52.0 Å². The zero-order valence-corrected chi connectivity index (χ0v) is 16.1. The molecule has 8 heteroatoms. The van der Waals surface area contributed by atoms with Crippen molar-refractivity contribution >= 4 is 44.6 Å². The molecule has 0 aliphatic rings. The average molecular weight is 424 g/mol. The van der Waals surface area contributed by atoms with Crippen molar-refractivity contribution in [2.45, 2.75) is 13.3 Å². The fourth-order valence-electron chi connectivity index (χ4n) is 1.86. The molecule has 1 aromatic carbocycles. The van der Waals surface area contributed by atoms with Gasteiger partial charge in [0.15, 0.2) is 0 Å². The summed E-state index contributed by atoms with van der Waals surface area (Å²) in [5.74, 6) is 0.414. The molecule has 0 unspecified atom stereocenters. The van der Waals surface area contributed by atoms with Crippen LogP contribution in [0.3, 0.4) is 0 Å². The molecule has 0 spiro atoms. The number of aromatic nitrogens is 1. The molecule has 1 heterocycles. The second kappa shape index (κ2) is 9.95. The number of rotatable bonds is 9. The molecule has 0 aliphatic heterocycles. The average Bonchev–Trinajstić information content (AvgIpc) is 3.01. The number of ether oxygens (including phenoxy) is 2. The van der Waals surface area contributed by atoms with Gasteiger partial charge in [0, 0.05) is 15.4 Å². The Labute approximate surface area is 158 Å². The minimum absolute atomic E-state index is 0.154. The second-order valence-electron chi connectivity index (χ2n) is 4.78. The summed E-state index contributed by atoms with van der Waals surface area (Å²) >= 11 is 4.80. The van der Waals surface area contributed by atoms with Crippen molar-refractivity contribution < 1.29 is 14.3 Å². The first-order valence-electron chi connectivity index (χ1n) is 7.54. The molecule has 6 nitrogen and oxygen atoms in total. The molecule has 2 rings (SSSR count). The minimum atomic E-state index is -0.291. The lowest BCUT2D eigenvalue weighted by Crippen LogP contribution is -2.07. The monoisotopic (exact) mass is 423 g/mol. The topological polar surface area (TPSA) is 72.8 Å². The van der Waals surface area contributed by atoms with E-state index in [1.807, 2.05) is 18.2 Å². The van der Waals surface area contributed by atoms with Gasteiger partial charge in [-0.25, -0.2) is 4.98 Å². The van der Waals surface area contributed by atoms with Crippen LogP contribution in [0.1, 0.15) is 18.2 Å². The molecule has 1 aromatic heterocycles. The van der Waals surface area contributed by atoms with E-state index < -0.39 is 0 Å². The third-order valence-corrected chi connectivity index (χ3v) is 4.16. The molecule has 132 valence electrons. The summed E-state index contributed by atoms with van der Waals surface area (Å²) in [7, 11) is 0. The van der Waals surface area contributed by atoms with Gasteiger partial charge >= 0.3 is 5.97 Å². The summed E-state index contributed by atoms with van der Waals surface area (Å²) in [6.07, 6.45) is 3.48. The maximum atomic E-state index is 11.4. The molecular weight excluding hydrogens is 406 g/mol. The van der Waals surface area contributed by atoms with Crippen molar-refractivity contribution in [2.75, 3.05) is 18.6 Å². The highest BCUT2D eigenvalue weighted by Gasteiger charge is 2.08. The Morgan fingerprint density at radius 1 is 1.52 bits per heavy atom. The zero-order valence-electron chi connectivity index (χ0n) is 13.7. The van der Waals surface area contributed by atoms with Gasteiger partial charge in [-0.15, -0.1) is 11.3 Å². The number of anilines is 1. The highest BCUT2D eigenvalue weighted by molar-refractivity contribution is 9.10. The van der Waals surface area contributed by atoms with Crippen LogP contribution in [-0.2, 0) is 16.0 Å². The molecule has 0 radical (unpaired) electrons. The SMILES string of the molecule is C=CCOc1ccc(Br)cc1C=NNc1nc(CC(=O)OCC)cs1. The molecule has 2 aromatic rings. The van der Waals surface area contributed by atoms with E-state index in [4.69, 9.17) is 9.47 Å². The van der Waals surface area contributed by atoms with E-state index in [1.165, 1.54) is 11.3 Å². The van der Waals surface area contributed by atoms with Crippen LogP contribution in [-0.4, -0.2) is 30.4 Å². The van der Waals surface area contributed by atoms with Crippen LogP contribution < -0.4 is 10.2 Å². The summed E-state index contributed by atoms with van der Waals surface area (Å²) in [5.41, 5.74) is 4.32. The zero-order chi connectivity index (χ0) is 18.1. The van der Waals surface area contributed by atoms with E-state index in [0.717, 1.165) is 10.0 Å². The highest BCUT2D eigenvalue weighted by Crippen LogP contribution is 2.22. The van der Waals surface area contributed by atoms with Gasteiger partial charge in [0.25, 0.3) is 0 Å². The van der Waals surface area contributed by atoms with E-state index in [9.17, 15) is 4.79 Å². The Hall–Kier alpha value is -2.19. The molecule has 0 fully saturated rings. The lowest BCUT2D eigenvalue weighted by atomic mass is 10.2. The number of thiazole rings is 1. The molecular formula is C17H18BrN3O3S. The van der Waals surface area contributed by atoms with Crippen molar-refractivity contribution in [2.24, 2.45) is 5.10 Å². The normalized spacial score (nSPS) is 10.6. The van der Waals surface area contributed by atoms with Gasteiger partial charge in [-0.3, -0.25) is 10.2 Å². The Bertz CT molecular complexity index is 761. The van der Waals surface area contributed by atoms with Crippen LogP contribution in [0.2, 0.25) is 0 Å². The Kier molecular flexibility index (Phi) is 7.62. The third kappa shape index (κ3) is 6.32. The minimum Gasteiger partial charge on any atom is -0.489 e. The van der Waals surface area contributed by atoms with Crippen LogP contribution in [0.15, 0.2) is 45.8 Å². The molecule has 25 heavy (non-hydrogen) atoms. The summed E-state index contributed by atoms with van der Waals surface area (Å²) < 4.78 is 11.4. The number of esters is 1. The number of carbonyl (C=O) groups is 1. The van der Waals surface area contributed by atoms with Crippen molar-refractivity contribution in [3.8, 4) is 5.75 Å². The number of hydrazone groups is 1. The summed E-state index contributed by atoms with van der Waals surface area (Å²) in [4.78, 5) is 15.7. The van der Waals surface area contributed by atoms with E-state index in [1.54, 1.807) is 24.6 Å². The number of hydrogen-bond acceptors (Lipinski definition) is 7. The predicted octanol–water partition coefficient (Wildman–Crippen LogP) is 4.02. The fourth-order valence-corrected chi connectivity index (χ4v) is 2.89. The fraction of sp³-hybridized carbons (Fsp3) is 0.235. The molecule has 0 saturated heterocycles. The molecule has 0 amide bonds. The second-order valence-corrected chi connectivity index (χ2v) is 6.55. The highest BCUT2D eigenvalue weighted by atomic mass is 79.9. The van der Waals surface area contributed by atoms with Gasteiger partial charge in [-0.1, -0.05) is 28.6 Å². The Morgan fingerprint density at radius 3 is 3.12 bits per heavy atom. The number of carbonyl (C=O) groups excluding carboxylic acids is 1. The van der Waals surface area contributed by atoms with Gasteiger partial charge in [-0.05, 0) is 25.1 Å². The smallest absolute Gasteiger partial charge is 0.311 e. The van der Waals surface area contributed by atoms with E-state index in [0.29, 0.717) is 29.8 Å². The molecule has 0 bridgehead atoms. The maximum Gasteiger partial charge on any atom is 0.311 e. The lowest BCUT2D eigenvalue weighted by molar-refractivity contribution is -0.142. The molecule has 0 saturated carbocycles. The summed E-state index contributed by atoms with van der Waals surface area (Å²) in [6, 6.07) is 5.65. The quantitative estimate of drug-likeness (QED) is 0.285. The van der Waals surface area contributed by atoms with E-state index in [-0.39, 0.29) is 12.4 Å². The van der Waals surface area contributed by atoms with Crippen LogP contribution in [0, 0.1) is 0 Å². The Morgan fingerprint density at radius 2 is 2.36 bits per heavy atom. The van der Waals surface area contributed by atoms with Gasteiger partial charge in [-0.2, -0.15) is 5.10 Å². The van der Waals surface area contributed by atoms with Crippen LogP contribution >= 0.6 is 27.3 Å². The van der Waals surface area contributed by atoms with Crippen molar-refractivity contribution in [1.29, 1.82) is 0 Å². The van der Waals surface area contributed by atoms with Crippen LogP contribution in [0.4, 0.5) is 5.13 Å². The first-order chi connectivity index (χ1) is 12.1. The third-order valence-electron chi connectivity index (χ3n) is 2.87. The van der Waals surface area contributed by atoms with Crippen molar-refractivity contribution in [1.82, 2.24) is 4.98 Å². The molecule has 0 atom stereocenters. The standard InChI is InChI=1S/C17H18BrN3O3S/c1-3-7-24-15-6-5-13(18)8-12(15)10-19-21-17-20-14(11-25-17)9-16(22)23-4-2/h3,5-6,8,10-11H,1,4,7,9H2,2H3,(H,20,21). The lowest BCUT2D eigenvalue weighted by Gasteiger charge is -2.07. The van der Waals surface area contributed by atoms with E-state index >= 15 is 0 Å². The van der Waals surface area contributed by atoms with E-state index in [2.05, 4.69) is 38.0 Å². The van der Waals surface area contributed by atoms with Crippen molar-refractivity contribution in [3.63, 3.8) is 0 Å². The first-order valence-corrected chi connectivity index (χ1v) is 9.22. The van der Waals surface area contributed by atoms with Gasteiger partial charge in [0.2, 0.25) is 5.13 Å². The summed E-state index contributed by atoms with van der Waals surface area (Å²) in [5, 5.41) is 6.58. The first kappa shape index (κ1) is 19.1. The number of halogens is 1. The molecule has 0 aliphatic carbocycles. The van der Waals surface area contributed by atoms with Gasteiger partial charge in [0.1, 0.15) is 12.4 Å². The number of nitrogens with zero attached hydrogens (tertiary/aromatic N) is 2. The number of benzene rings is 1. The van der Waals surface area contributed by atoms with Gasteiger partial charge in [0.05, 0.1) is 24.9 Å². The van der Waals surface area contributed by atoms with Crippen LogP contribution in [0.5, 0.6) is 5.75 Å². The number of hydrogen-bond donors (Lipinski definition) is 1. The molecule has 1 N–H and O–H groups in total. The Balaban J connectivity index is 1.99. The number of nitrogens with one attached hydrogen (secondary N) is 1. The maximum absolute atomic E-state index is 11.4. The predicted molar refractivity (Wildman–Crippen MR) is 104 cm³/mol. The largest absolute Gasteiger partial charge is 0.489 e. The summed E-state index contributed by atoms with van der Waals surface area (Å²) in [6.45, 7) is 6.19. The van der Waals surface area contributed by atoms with Crippen LogP contribution in [0.25, 0.3) is 0 Å².